The number of amidine groups is 1. The van der Waals surface area contributed by atoms with Gasteiger partial charge in [0.2, 0.25) is 5.95 Å². The molecule has 6 aromatic heterocycles. The van der Waals surface area contributed by atoms with E-state index in [9.17, 15) is 28.6 Å². The number of carbonyl (C=O) groups excluding carboxylic acids is 1. The second kappa shape index (κ2) is 31.9. The third-order valence-electron chi connectivity index (χ3n) is 22.2. The Morgan fingerprint density at radius 3 is 1.73 bits per heavy atom. The van der Waals surface area contributed by atoms with Crippen molar-refractivity contribution in [1.29, 1.82) is 0 Å². The summed E-state index contributed by atoms with van der Waals surface area (Å²) in [4.78, 5) is 103. The summed E-state index contributed by atoms with van der Waals surface area (Å²) in [6, 6.07) is 8.80. The molecule has 9 unspecified atom stereocenters. The zero-order valence-corrected chi connectivity index (χ0v) is 70.3. The van der Waals surface area contributed by atoms with Crippen molar-refractivity contribution in [3.05, 3.63) is 134 Å². The Balaban J connectivity index is 0.668. The number of fused-ring (bicyclic) bond motifs is 8. The molecule has 0 spiro atoms. The van der Waals surface area contributed by atoms with Crippen LogP contribution in [0.4, 0.5) is 28.2 Å². The average Bonchev–Trinajstić information content (AvgIpc) is 1.55. The van der Waals surface area contributed by atoms with Gasteiger partial charge in [0.25, 0.3) is 5.56 Å². The first kappa shape index (κ1) is 85.0. The molecular weight excluding hydrogens is 1710 g/mol. The van der Waals surface area contributed by atoms with Crippen LogP contribution in [0.2, 0.25) is 0 Å². The second-order valence-electron chi connectivity index (χ2n) is 29.6. The Hall–Kier alpha value is -7.61. The number of ether oxygens (including phenoxy) is 10. The number of hydrogen-bond donors (Lipinski definition) is 10. The molecule has 119 heavy (non-hydrogen) atoms. The van der Waals surface area contributed by atoms with Crippen LogP contribution in [-0.4, -0.2) is 209 Å². The largest absolute Gasteiger partial charge is 0.509 e. The summed E-state index contributed by atoms with van der Waals surface area (Å²) in [6.07, 6.45) is -16.1. The number of aliphatic imine (C=N–C) groups is 1. The van der Waals surface area contributed by atoms with Crippen LogP contribution in [0.3, 0.4) is 0 Å². The smallest absolute Gasteiger partial charge is 0.429 e. The summed E-state index contributed by atoms with van der Waals surface area (Å²) in [7, 11) is -5.72. The van der Waals surface area contributed by atoms with Gasteiger partial charge in [0.15, 0.2) is 53.0 Å². The number of nitrogens with one attached hydrogen (secondary N) is 1. The zero-order chi connectivity index (χ0) is 84.7. The first-order chi connectivity index (χ1) is 56.3. The van der Waals surface area contributed by atoms with Gasteiger partial charge in [-0.2, -0.15) is 15.0 Å². The van der Waals surface area contributed by atoms with E-state index < -0.39 is 205 Å². The van der Waals surface area contributed by atoms with Crippen LogP contribution < -0.4 is 45.6 Å². The quantitative estimate of drug-likeness (QED) is 0.0168. The third kappa shape index (κ3) is 15.9. The number of nitrogens with zero attached hydrogens (tertiary/aromatic N) is 13. The van der Waals surface area contributed by atoms with E-state index in [1.165, 1.54) is 57.5 Å². The van der Waals surface area contributed by atoms with Gasteiger partial charge in [-0.3, -0.25) is 64.2 Å². The number of carbonyl (C=O) groups is 1. The Labute approximate surface area is 689 Å². The van der Waals surface area contributed by atoms with Crippen LogP contribution in [0.5, 0.6) is 0 Å². The highest BCUT2D eigenvalue weighted by molar-refractivity contribution is 8.45. The van der Waals surface area contributed by atoms with Gasteiger partial charge in [0.1, 0.15) is 108 Å². The molecule has 9 aliphatic rings. The molecule has 12 N–H and O–H groups in total. The molecule has 0 saturated carbocycles. The number of phosphoric acid groups is 1. The molecule has 15 heterocycles. The monoisotopic (exact) mass is 1790 g/mol. The van der Waals surface area contributed by atoms with E-state index in [4.69, 9.17) is 112 Å². The molecule has 6 bridgehead atoms. The lowest BCUT2D eigenvalue weighted by atomic mass is 9.94. The van der Waals surface area contributed by atoms with Gasteiger partial charge >= 0.3 is 45.8 Å². The lowest BCUT2D eigenvalue weighted by Crippen LogP contribution is -2.53. The maximum Gasteiger partial charge on any atom is 0.509 e. The number of nitrogens with two attached hydrogens (primary N) is 5. The molecular formula is C66H83N19O27P4S3. The summed E-state index contributed by atoms with van der Waals surface area (Å²) < 4.78 is 179. The summed E-state index contributed by atoms with van der Waals surface area (Å²) in [5.74, 6) is -0.108. The van der Waals surface area contributed by atoms with Crippen LogP contribution in [-0.2, 0) is 108 Å². The molecule has 8 fully saturated rings. The van der Waals surface area contributed by atoms with Crippen molar-refractivity contribution < 1.29 is 112 Å². The molecule has 7 aromatic rings. The zero-order valence-electron chi connectivity index (χ0n) is 64.0. The molecule has 0 aliphatic carbocycles. The molecule has 0 radical (unpaired) electrons. The molecule has 9 aliphatic heterocycles. The minimum absolute atomic E-state index is 0.00864. The van der Waals surface area contributed by atoms with Gasteiger partial charge in [-0.05, 0) is 53.5 Å². The number of aryl methyl sites for hydroxylation is 2. The first-order valence-electron chi connectivity index (χ1n) is 37.0. The predicted octanol–water partition coefficient (Wildman–Crippen LogP) is 4.99. The van der Waals surface area contributed by atoms with Crippen LogP contribution in [0, 0.1) is 13.8 Å². The van der Waals surface area contributed by atoms with Crippen molar-refractivity contribution in [3.8, 4) is 0 Å². The molecule has 46 nitrogen and oxygen atoms in total. The van der Waals surface area contributed by atoms with Crippen LogP contribution in [0.1, 0.15) is 95.5 Å². The maximum absolute atomic E-state index is 15.4. The van der Waals surface area contributed by atoms with Crippen molar-refractivity contribution in [2.45, 2.75) is 202 Å². The van der Waals surface area contributed by atoms with E-state index in [0.29, 0.717) is 28.7 Å². The number of imidazole rings is 2. The first-order valence-corrected chi connectivity index (χ1v) is 46.5. The normalized spacial score (nSPS) is 34.0. The van der Waals surface area contributed by atoms with Crippen molar-refractivity contribution >= 4 is 123 Å². The van der Waals surface area contributed by atoms with E-state index in [0.717, 1.165) is 10.9 Å². The minimum atomic E-state index is -5.72. The van der Waals surface area contributed by atoms with Gasteiger partial charge in [-0.15, -0.1) is 0 Å². The van der Waals surface area contributed by atoms with E-state index in [1.807, 2.05) is 0 Å². The summed E-state index contributed by atoms with van der Waals surface area (Å²) in [5.41, 5.74) is 23.7. The Morgan fingerprint density at radius 2 is 1.13 bits per heavy atom. The van der Waals surface area contributed by atoms with Gasteiger partial charge in [0.05, 0.1) is 69.6 Å². The van der Waals surface area contributed by atoms with Crippen molar-refractivity contribution in [1.82, 2.24) is 63.0 Å². The van der Waals surface area contributed by atoms with Crippen LogP contribution in [0.15, 0.2) is 105 Å². The highest BCUT2D eigenvalue weighted by Crippen LogP contribution is 2.66. The van der Waals surface area contributed by atoms with Crippen molar-refractivity contribution in [3.63, 3.8) is 0 Å². The topological polar surface area (TPSA) is 594 Å². The minimum Gasteiger partial charge on any atom is -0.429 e. The Kier molecular flexibility index (Phi) is 22.8. The fourth-order valence-corrected chi connectivity index (χ4v) is 21.6. The lowest BCUT2D eigenvalue weighted by molar-refractivity contribution is -0.220. The second-order valence-corrected chi connectivity index (χ2v) is 39.7. The summed E-state index contributed by atoms with van der Waals surface area (Å²) in [5, 5.41) is 0. The van der Waals surface area contributed by atoms with Gasteiger partial charge < -0.3 is 85.8 Å². The highest BCUT2D eigenvalue weighted by Gasteiger charge is 2.73. The fraction of sp³-hybridized carbons (Fsp3) is 0.545. The molecule has 25 atom stereocenters. The third-order valence-corrected chi connectivity index (χ3v) is 28.0. The van der Waals surface area contributed by atoms with Gasteiger partial charge in [-0.25, -0.2) is 57.6 Å². The van der Waals surface area contributed by atoms with E-state index >= 15 is 13.7 Å². The molecule has 8 saturated heterocycles. The molecule has 642 valence electrons. The predicted molar refractivity (Wildman–Crippen MR) is 422 cm³/mol. The maximum atomic E-state index is 15.4. The Bertz CT molecular complexity index is 5640. The number of aromatic amines is 1. The number of phosphoric ester groups is 1. The lowest BCUT2D eigenvalue weighted by Gasteiger charge is -2.40. The molecule has 16 rings (SSSR count). The fourth-order valence-electron chi connectivity index (χ4n) is 16.0. The van der Waals surface area contributed by atoms with Gasteiger partial charge in [0, 0.05) is 48.1 Å². The van der Waals surface area contributed by atoms with E-state index in [2.05, 4.69) is 88.2 Å². The van der Waals surface area contributed by atoms with E-state index in [-0.39, 0.29) is 76.8 Å². The average molecular weight is 1790 g/mol. The number of benzene rings is 1. The van der Waals surface area contributed by atoms with E-state index in [1.54, 1.807) is 71.2 Å². The number of nitrogen functional groups attached to an aromatic ring is 4. The SMILES string of the molecule is C=C1N=C(N)C(C)=CN1[C@@H]1O[C@]2(COP(=O)(S)OC3[C@@H]4O[C@@H](C)[C@]3(COP(=O)(O)OC3[C@@H]5O[C@@H](C)[C@]3(COP(=O)(S)OC3C[C@H](n6cc(C)c(N)nc6=O)O[C@@H]3COP(=O)(S)OC3C[C@H](n6cc(C)c(N)nc6=O)O[C@@H]3CC)O[C@H]5n3cnc5c(=O)[nH]c(N)nc53)O[C@H]4n3cnc4c(N)ncnc43)C(OC(=O)OCc3ccccc3)[C@@H]1O[C@H]2C. The number of H-pyrrole nitrogens is 1. The number of hydrogen-bond acceptors (Lipinski definition) is 40. The van der Waals surface area contributed by atoms with Gasteiger partial charge in [-0.1, -0.05) is 80.6 Å². The number of thiol groups is 3. The molecule has 1 aromatic carbocycles. The summed E-state index contributed by atoms with van der Waals surface area (Å²) >= 11 is 13.3. The Morgan fingerprint density at radius 1 is 0.622 bits per heavy atom. The van der Waals surface area contributed by atoms with Crippen LogP contribution in [0.25, 0.3) is 22.3 Å². The highest BCUT2D eigenvalue weighted by atomic mass is 32.7. The van der Waals surface area contributed by atoms with Crippen molar-refractivity contribution in [2.75, 3.05) is 49.4 Å². The van der Waals surface area contributed by atoms with Crippen LogP contribution >= 0.6 is 65.0 Å². The van der Waals surface area contributed by atoms with Crippen molar-refractivity contribution in [2.24, 2.45) is 10.7 Å². The summed E-state index contributed by atoms with van der Waals surface area (Å²) in [6.45, 7) is -2.53. The molecule has 0 amide bonds. The number of anilines is 4. The number of rotatable bonds is 29. The standard InChI is InChI=1S/C66H83N19O27P4S3/c1-9-36-37(15-40(103-36)82-18-29(3)51(68)77-61(82)87)109-114(92,117)96-21-39-38(16-41(104-39)83-19-30(4)52(69)78-62(83)88)110-115(93,118)98-24-66-33(7)101-45(59(108-66)85-27-75-43-55(85)79-60(71)80-56(43)86)48(66)111-113(90,91)97-22-65-32(6)102-46(58(107-65)84-26-74-42-53(70)72-25-73-54(42)84)49(65)112-116(94,119)99-23-64-31(5)100-44(57(106-64)81-17-28(2)50(67)76-34(81)8)47(64)105-63(89)95-20-35-13-11-10-12-14-35/h10-14,17-19,25-27,31-33,36-41,44-49,57-59H,8-9,15-16,20-24H2,1-7H3,(H2,67,76)(H,90,91)(H,92,117)(H,93,118)(H,94,119)(H2,68,77,87)(H2,69,78,88)(H2,70,72,73)(H3,71,79,80,86)/t31-,32-,33-,36+,37?,38?,39+,40+,41+,44-,45-,46-,47?,48?,49?,57+,58+,59+,64-,65-,66-,114?,115?,116?/m0/s1. The molecule has 53 heteroatoms. The number of aromatic nitrogens is 12.